The maximum Gasteiger partial charge on any atom is 0.335 e. The normalized spacial score (nSPS) is 21.9. The Bertz CT molecular complexity index is 243. The Hall–Kier alpha value is -1.29. The van der Waals surface area contributed by atoms with Gasteiger partial charge in [0.15, 0.2) is 0 Å². The third kappa shape index (κ3) is 1.65. The van der Waals surface area contributed by atoms with E-state index in [-0.39, 0.29) is 6.17 Å². The average Bonchev–Trinajstić information content (AvgIpc) is 2.04. The van der Waals surface area contributed by atoms with Crippen molar-refractivity contribution in [2.75, 3.05) is 14.1 Å². The van der Waals surface area contributed by atoms with Gasteiger partial charge >= 0.3 is 5.97 Å². The molecule has 0 fully saturated rings. The van der Waals surface area contributed by atoms with Gasteiger partial charge in [-0.3, -0.25) is 4.90 Å². The van der Waals surface area contributed by atoms with E-state index >= 15 is 0 Å². The van der Waals surface area contributed by atoms with E-state index in [1.807, 2.05) is 19.0 Å². The van der Waals surface area contributed by atoms with Crippen molar-refractivity contribution in [3.05, 3.63) is 23.9 Å². The minimum atomic E-state index is -0.884. The van der Waals surface area contributed by atoms with Crippen LogP contribution in [0.1, 0.15) is 0 Å². The quantitative estimate of drug-likeness (QED) is 0.609. The summed E-state index contributed by atoms with van der Waals surface area (Å²) >= 11 is 0. The van der Waals surface area contributed by atoms with E-state index < -0.39 is 5.97 Å². The van der Waals surface area contributed by atoms with Crippen molar-refractivity contribution in [2.24, 2.45) is 0 Å². The lowest BCUT2D eigenvalue weighted by Gasteiger charge is -2.26. The van der Waals surface area contributed by atoms with Gasteiger partial charge in [-0.2, -0.15) is 0 Å². The number of carboxylic acid groups (broad SMARTS) is 1. The number of dihydropyridines is 1. The first-order valence-electron chi connectivity index (χ1n) is 3.65. The fraction of sp³-hybridized carbons (Fsp3) is 0.375. The summed E-state index contributed by atoms with van der Waals surface area (Å²) < 4.78 is 0. The molecule has 4 nitrogen and oxygen atoms in total. The van der Waals surface area contributed by atoms with Crippen LogP contribution < -0.4 is 5.32 Å². The van der Waals surface area contributed by atoms with Gasteiger partial charge in [0, 0.05) is 0 Å². The highest BCUT2D eigenvalue weighted by molar-refractivity contribution is 5.88. The van der Waals surface area contributed by atoms with Crippen LogP contribution in [0.4, 0.5) is 0 Å². The molecule has 66 valence electrons. The summed E-state index contributed by atoms with van der Waals surface area (Å²) in [6.07, 6.45) is 4.79. The second-order valence-corrected chi connectivity index (χ2v) is 2.82. The van der Waals surface area contributed by atoms with Gasteiger partial charge < -0.3 is 10.4 Å². The first-order chi connectivity index (χ1) is 5.63. The fourth-order valence-electron chi connectivity index (χ4n) is 1.09. The van der Waals surface area contributed by atoms with Crippen LogP contribution in [-0.4, -0.2) is 36.2 Å². The zero-order valence-corrected chi connectivity index (χ0v) is 7.11. The molecule has 1 atom stereocenters. The minimum Gasteiger partial charge on any atom is -0.478 e. The molecule has 2 N–H and O–H groups in total. The van der Waals surface area contributed by atoms with Gasteiger partial charge in [-0.05, 0) is 32.4 Å². The van der Waals surface area contributed by atoms with Crippen molar-refractivity contribution in [2.45, 2.75) is 6.17 Å². The van der Waals surface area contributed by atoms with E-state index in [0.717, 1.165) is 0 Å². The average molecular weight is 168 g/mol. The maximum atomic E-state index is 10.7. The van der Waals surface area contributed by atoms with Gasteiger partial charge in [0.25, 0.3) is 0 Å². The number of likely N-dealkylation sites (N-methyl/N-ethyl adjacent to an activating group) is 1. The van der Waals surface area contributed by atoms with Crippen LogP contribution in [0, 0.1) is 0 Å². The highest BCUT2D eigenvalue weighted by Gasteiger charge is 2.21. The fourth-order valence-corrected chi connectivity index (χ4v) is 1.09. The first-order valence-corrected chi connectivity index (χ1v) is 3.65. The topological polar surface area (TPSA) is 52.6 Å². The molecular weight excluding hydrogens is 156 g/mol. The lowest BCUT2D eigenvalue weighted by molar-refractivity contribution is -0.133. The van der Waals surface area contributed by atoms with Crippen molar-refractivity contribution < 1.29 is 9.90 Å². The summed E-state index contributed by atoms with van der Waals surface area (Å²) in [5.74, 6) is -0.884. The van der Waals surface area contributed by atoms with Crippen molar-refractivity contribution in [3.8, 4) is 0 Å². The molecule has 1 aliphatic rings. The molecule has 1 rings (SSSR count). The number of hydrogen-bond donors (Lipinski definition) is 2. The Kier molecular flexibility index (Phi) is 2.50. The third-order valence-electron chi connectivity index (χ3n) is 1.68. The van der Waals surface area contributed by atoms with E-state index in [9.17, 15) is 4.79 Å². The SMILES string of the molecule is CN(C)C1NC=CC=C1C(=O)O. The molecule has 12 heavy (non-hydrogen) atoms. The van der Waals surface area contributed by atoms with Crippen LogP contribution in [0.25, 0.3) is 0 Å². The number of allylic oxidation sites excluding steroid dienone is 2. The standard InChI is InChI=1S/C8H12N2O2/c1-10(2)7-6(8(11)12)4-3-5-9-7/h3-5,7,9H,1-2H3,(H,11,12). The van der Waals surface area contributed by atoms with E-state index in [0.29, 0.717) is 5.57 Å². The van der Waals surface area contributed by atoms with Crippen LogP contribution in [0.15, 0.2) is 23.9 Å². The largest absolute Gasteiger partial charge is 0.478 e. The van der Waals surface area contributed by atoms with Crippen LogP contribution in [0.3, 0.4) is 0 Å². The summed E-state index contributed by atoms with van der Waals surface area (Å²) in [5.41, 5.74) is 0.363. The minimum absolute atomic E-state index is 0.229. The summed E-state index contributed by atoms with van der Waals surface area (Å²) in [4.78, 5) is 12.5. The number of aliphatic carboxylic acids is 1. The van der Waals surface area contributed by atoms with Gasteiger partial charge in [-0.25, -0.2) is 4.79 Å². The van der Waals surface area contributed by atoms with E-state index in [4.69, 9.17) is 5.11 Å². The maximum absolute atomic E-state index is 10.7. The van der Waals surface area contributed by atoms with Gasteiger partial charge in [0.2, 0.25) is 0 Å². The Balaban J connectivity index is 2.84. The lowest BCUT2D eigenvalue weighted by Crippen LogP contribution is -2.43. The molecule has 0 aromatic rings. The molecule has 0 saturated carbocycles. The van der Waals surface area contributed by atoms with Gasteiger partial charge in [-0.15, -0.1) is 0 Å². The number of hydrogen-bond acceptors (Lipinski definition) is 3. The summed E-state index contributed by atoms with van der Waals surface area (Å²) in [7, 11) is 3.65. The van der Waals surface area contributed by atoms with Crippen molar-refractivity contribution in [1.82, 2.24) is 10.2 Å². The molecule has 0 amide bonds. The van der Waals surface area contributed by atoms with Crippen molar-refractivity contribution in [1.29, 1.82) is 0 Å². The second-order valence-electron chi connectivity index (χ2n) is 2.82. The van der Waals surface area contributed by atoms with E-state index in [1.54, 1.807) is 18.4 Å². The van der Waals surface area contributed by atoms with Crippen molar-refractivity contribution in [3.63, 3.8) is 0 Å². The Morgan fingerprint density at radius 2 is 2.33 bits per heavy atom. The zero-order chi connectivity index (χ0) is 9.14. The molecule has 0 aromatic heterocycles. The van der Waals surface area contributed by atoms with E-state index in [2.05, 4.69) is 5.32 Å². The Morgan fingerprint density at radius 1 is 1.67 bits per heavy atom. The highest BCUT2D eigenvalue weighted by atomic mass is 16.4. The molecule has 0 bridgehead atoms. The van der Waals surface area contributed by atoms with E-state index in [1.165, 1.54) is 0 Å². The number of carboxylic acids is 1. The Morgan fingerprint density at radius 3 is 2.75 bits per heavy atom. The molecule has 0 radical (unpaired) electrons. The molecule has 0 saturated heterocycles. The molecule has 0 aliphatic carbocycles. The highest BCUT2D eigenvalue weighted by Crippen LogP contribution is 2.09. The molecule has 1 heterocycles. The number of carbonyl (C=O) groups is 1. The molecule has 4 heteroatoms. The number of rotatable bonds is 2. The molecule has 0 spiro atoms. The first kappa shape index (κ1) is 8.80. The van der Waals surface area contributed by atoms with Crippen LogP contribution in [-0.2, 0) is 4.79 Å². The lowest BCUT2D eigenvalue weighted by atomic mass is 10.1. The molecule has 1 aliphatic heterocycles. The Labute approximate surface area is 71.2 Å². The molecule has 1 unspecified atom stereocenters. The van der Waals surface area contributed by atoms with Crippen LogP contribution >= 0.6 is 0 Å². The predicted molar refractivity (Wildman–Crippen MR) is 45.5 cm³/mol. The van der Waals surface area contributed by atoms with Crippen LogP contribution in [0.5, 0.6) is 0 Å². The smallest absolute Gasteiger partial charge is 0.335 e. The zero-order valence-electron chi connectivity index (χ0n) is 7.11. The molecular formula is C8H12N2O2. The van der Waals surface area contributed by atoms with Crippen LogP contribution in [0.2, 0.25) is 0 Å². The molecule has 0 aromatic carbocycles. The summed E-state index contributed by atoms with van der Waals surface area (Å²) in [6.45, 7) is 0. The predicted octanol–water partition coefficient (Wildman–Crippen LogP) is 0.00200. The van der Waals surface area contributed by atoms with Crippen molar-refractivity contribution >= 4 is 5.97 Å². The third-order valence-corrected chi connectivity index (χ3v) is 1.68. The van der Waals surface area contributed by atoms with Gasteiger partial charge in [0.1, 0.15) is 6.17 Å². The number of nitrogens with zero attached hydrogens (tertiary/aromatic N) is 1. The van der Waals surface area contributed by atoms with Gasteiger partial charge in [-0.1, -0.05) is 0 Å². The second kappa shape index (κ2) is 3.40. The number of nitrogens with one attached hydrogen (secondary N) is 1. The summed E-state index contributed by atoms with van der Waals surface area (Å²) in [6, 6.07) is 0. The van der Waals surface area contributed by atoms with Gasteiger partial charge in [0.05, 0.1) is 5.57 Å². The summed E-state index contributed by atoms with van der Waals surface area (Å²) in [5, 5.41) is 11.7. The monoisotopic (exact) mass is 168 g/mol.